The van der Waals surface area contributed by atoms with Crippen molar-refractivity contribution in [1.29, 1.82) is 0 Å². The monoisotopic (exact) mass is 239 g/mol. The molecule has 1 aromatic carbocycles. The molecular formula is C9H11BBrNO. The zero-order valence-electron chi connectivity index (χ0n) is 7.44. The fraction of sp³-hybridized carbons (Fsp3) is 0.222. The van der Waals surface area contributed by atoms with Gasteiger partial charge in [0.15, 0.2) is 0 Å². The molecule has 0 aliphatic heterocycles. The lowest BCUT2D eigenvalue weighted by molar-refractivity contribution is 0.579. The molecule has 0 spiro atoms. The Hall–Kier alpha value is -0.605. The second-order valence-electron chi connectivity index (χ2n) is 2.89. The van der Waals surface area contributed by atoms with E-state index in [-0.39, 0.29) is 6.92 Å². The van der Waals surface area contributed by atoms with Crippen molar-refractivity contribution < 1.29 is 5.02 Å². The molecule has 13 heavy (non-hydrogen) atoms. The Morgan fingerprint density at radius 3 is 2.62 bits per heavy atom. The summed E-state index contributed by atoms with van der Waals surface area (Å²) in [5.74, 6) is 0. The van der Waals surface area contributed by atoms with Gasteiger partial charge in [0.2, 0.25) is 0 Å². The SMILES string of the molecule is CB(O)CN=Cc1ccc(Br)cc1. The molecule has 68 valence electrons. The highest BCUT2D eigenvalue weighted by atomic mass is 79.9. The van der Waals surface area contributed by atoms with E-state index in [1.807, 2.05) is 24.3 Å². The van der Waals surface area contributed by atoms with Crippen molar-refractivity contribution in [3.63, 3.8) is 0 Å². The molecule has 0 saturated heterocycles. The van der Waals surface area contributed by atoms with Gasteiger partial charge in [-0.15, -0.1) is 0 Å². The van der Waals surface area contributed by atoms with Crippen LogP contribution in [0.25, 0.3) is 0 Å². The molecule has 0 amide bonds. The van der Waals surface area contributed by atoms with Gasteiger partial charge in [-0.2, -0.15) is 0 Å². The summed E-state index contributed by atoms with van der Waals surface area (Å²) in [6, 6.07) is 7.86. The average Bonchev–Trinajstić information content (AvgIpc) is 2.08. The third-order valence-electron chi connectivity index (χ3n) is 1.48. The van der Waals surface area contributed by atoms with Crippen molar-refractivity contribution in [1.82, 2.24) is 0 Å². The maximum atomic E-state index is 8.95. The normalized spacial score (nSPS) is 10.7. The van der Waals surface area contributed by atoms with Gasteiger partial charge in [0, 0.05) is 17.1 Å². The predicted octanol–water partition coefficient (Wildman–Crippen LogP) is 2.02. The van der Waals surface area contributed by atoms with Crippen LogP contribution in [0.2, 0.25) is 6.82 Å². The minimum atomic E-state index is -0.369. The zero-order chi connectivity index (χ0) is 9.68. The number of hydrogen-bond donors (Lipinski definition) is 1. The van der Waals surface area contributed by atoms with Crippen molar-refractivity contribution in [3.8, 4) is 0 Å². The number of halogens is 1. The van der Waals surface area contributed by atoms with Gasteiger partial charge in [0.05, 0.1) is 0 Å². The van der Waals surface area contributed by atoms with E-state index in [2.05, 4.69) is 20.9 Å². The van der Waals surface area contributed by atoms with E-state index >= 15 is 0 Å². The van der Waals surface area contributed by atoms with Crippen LogP contribution in [-0.4, -0.2) is 24.6 Å². The van der Waals surface area contributed by atoms with E-state index in [1.165, 1.54) is 0 Å². The van der Waals surface area contributed by atoms with Crippen molar-refractivity contribution in [2.45, 2.75) is 6.82 Å². The lowest BCUT2D eigenvalue weighted by Gasteiger charge is -1.94. The van der Waals surface area contributed by atoms with Gasteiger partial charge in [0.25, 0.3) is 0 Å². The fourth-order valence-corrected chi connectivity index (χ4v) is 1.12. The van der Waals surface area contributed by atoms with Crippen LogP contribution in [0.15, 0.2) is 33.7 Å². The molecule has 0 saturated carbocycles. The average molecular weight is 240 g/mol. The van der Waals surface area contributed by atoms with Crippen LogP contribution in [0, 0.1) is 0 Å². The molecular weight excluding hydrogens is 229 g/mol. The fourth-order valence-electron chi connectivity index (χ4n) is 0.860. The van der Waals surface area contributed by atoms with Crippen LogP contribution >= 0.6 is 15.9 Å². The Bertz CT molecular complexity index is 284. The van der Waals surface area contributed by atoms with Crippen molar-refractivity contribution in [2.24, 2.45) is 4.99 Å². The van der Waals surface area contributed by atoms with Crippen LogP contribution in [0.5, 0.6) is 0 Å². The molecule has 1 rings (SSSR count). The minimum Gasteiger partial charge on any atom is -0.449 e. The van der Waals surface area contributed by atoms with Gasteiger partial charge in [0.1, 0.15) is 0 Å². The lowest BCUT2D eigenvalue weighted by Crippen LogP contribution is -2.10. The van der Waals surface area contributed by atoms with E-state index in [1.54, 1.807) is 13.0 Å². The Balaban J connectivity index is 2.54. The van der Waals surface area contributed by atoms with Gasteiger partial charge >= 0.3 is 6.92 Å². The first kappa shape index (κ1) is 10.5. The first-order chi connectivity index (χ1) is 6.18. The number of aliphatic imine (C=N–C) groups is 1. The minimum absolute atomic E-state index is 0.369. The van der Waals surface area contributed by atoms with E-state index in [0.717, 1.165) is 10.0 Å². The molecule has 1 aromatic rings. The van der Waals surface area contributed by atoms with Crippen LogP contribution < -0.4 is 0 Å². The second-order valence-corrected chi connectivity index (χ2v) is 3.81. The molecule has 0 heterocycles. The van der Waals surface area contributed by atoms with Crippen molar-refractivity contribution in [3.05, 3.63) is 34.3 Å². The second kappa shape index (κ2) is 5.20. The molecule has 2 nitrogen and oxygen atoms in total. The molecule has 0 aliphatic carbocycles. The molecule has 0 bridgehead atoms. The standard InChI is InChI=1S/C9H11BBrNO/c1-10(13)7-12-6-8-2-4-9(11)5-3-8/h2-6,13H,7H2,1H3. The first-order valence-electron chi connectivity index (χ1n) is 4.12. The van der Waals surface area contributed by atoms with Crippen molar-refractivity contribution in [2.75, 3.05) is 6.44 Å². The molecule has 0 unspecified atom stereocenters. The van der Waals surface area contributed by atoms with E-state index in [4.69, 9.17) is 5.02 Å². The zero-order valence-corrected chi connectivity index (χ0v) is 9.03. The van der Waals surface area contributed by atoms with E-state index in [9.17, 15) is 0 Å². The molecule has 1 N–H and O–H groups in total. The van der Waals surface area contributed by atoms with E-state index in [0.29, 0.717) is 6.44 Å². The molecule has 0 atom stereocenters. The van der Waals surface area contributed by atoms with Gasteiger partial charge in [-0.3, -0.25) is 4.99 Å². The maximum absolute atomic E-state index is 8.95. The highest BCUT2D eigenvalue weighted by Gasteiger charge is 1.97. The molecule has 0 aliphatic rings. The summed E-state index contributed by atoms with van der Waals surface area (Å²) < 4.78 is 1.06. The Labute approximate surface area is 86.9 Å². The molecule has 0 fully saturated rings. The van der Waals surface area contributed by atoms with E-state index < -0.39 is 0 Å². The topological polar surface area (TPSA) is 32.6 Å². The van der Waals surface area contributed by atoms with Gasteiger partial charge < -0.3 is 5.02 Å². The van der Waals surface area contributed by atoms with Gasteiger partial charge in [-0.1, -0.05) is 34.9 Å². The Kier molecular flexibility index (Phi) is 4.19. The summed E-state index contributed by atoms with van der Waals surface area (Å²) in [5, 5.41) is 8.95. The summed E-state index contributed by atoms with van der Waals surface area (Å²) in [7, 11) is 0. The predicted molar refractivity (Wildman–Crippen MR) is 60.4 cm³/mol. The Morgan fingerprint density at radius 1 is 1.46 bits per heavy atom. The molecule has 0 aromatic heterocycles. The van der Waals surface area contributed by atoms with Gasteiger partial charge in [-0.05, 0) is 17.7 Å². The van der Waals surface area contributed by atoms with Crippen LogP contribution in [0.3, 0.4) is 0 Å². The van der Waals surface area contributed by atoms with Crippen LogP contribution in [0.1, 0.15) is 5.56 Å². The lowest BCUT2D eigenvalue weighted by atomic mass is 9.72. The van der Waals surface area contributed by atoms with Gasteiger partial charge in [-0.25, -0.2) is 0 Å². The quantitative estimate of drug-likeness (QED) is 0.636. The Morgan fingerprint density at radius 2 is 2.08 bits per heavy atom. The third kappa shape index (κ3) is 4.24. The summed E-state index contributed by atoms with van der Waals surface area (Å²) >= 11 is 3.35. The highest BCUT2D eigenvalue weighted by Crippen LogP contribution is 2.08. The molecule has 0 radical (unpaired) electrons. The number of rotatable bonds is 3. The first-order valence-corrected chi connectivity index (χ1v) is 4.91. The number of hydrogen-bond acceptors (Lipinski definition) is 2. The van der Waals surface area contributed by atoms with Crippen molar-refractivity contribution >= 4 is 29.1 Å². The third-order valence-corrected chi connectivity index (χ3v) is 2.01. The number of benzene rings is 1. The van der Waals surface area contributed by atoms with Crippen LogP contribution in [-0.2, 0) is 0 Å². The van der Waals surface area contributed by atoms with Crippen LogP contribution in [0.4, 0.5) is 0 Å². The smallest absolute Gasteiger partial charge is 0.307 e. The number of nitrogens with zero attached hydrogens (tertiary/aromatic N) is 1. The highest BCUT2D eigenvalue weighted by molar-refractivity contribution is 9.10. The largest absolute Gasteiger partial charge is 0.449 e. The summed E-state index contributed by atoms with van der Waals surface area (Å²) in [4.78, 5) is 4.08. The summed E-state index contributed by atoms with van der Waals surface area (Å²) in [6.45, 7) is 1.35. The summed E-state index contributed by atoms with van der Waals surface area (Å²) in [6.07, 6.45) is 2.22. The summed E-state index contributed by atoms with van der Waals surface area (Å²) in [5.41, 5.74) is 1.05. The maximum Gasteiger partial charge on any atom is 0.307 e. The molecule has 4 heteroatoms.